The van der Waals surface area contributed by atoms with Crippen LogP contribution in [0.25, 0.3) is 0 Å². The highest BCUT2D eigenvalue weighted by Crippen LogP contribution is 2.09. The molecule has 108 valence electrons. The molecule has 0 radical (unpaired) electrons. The Balaban J connectivity index is 1.75. The van der Waals surface area contributed by atoms with Crippen molar-refractivity contribution < 1.29 is 9.53 Å². The number of hydrogen-bond acceptors (Lipinski definition) is 4. The third-order valence-corrected chi connectivity index (χ3v) is 2.72. The summed E-state index contributed by atoms with van der Waals surface area (Å²) in [4.78, 5) is 11.5. The van der Waals surface area contributed by atoms with E-state index in [1.807, 2.05) is 37.3 Å². The van der Waals surface area contributed by atoms with E-state index in [9.17, 15) is 4.79 Å². The van der Waals surface area contributed by atoms with Crippen molar-refractivity contribution in [3.8, 4) is 11.8 Å². The van der Waals surface area contributed by atoms with Crippen molar-refractivity contribution in [2.24, 2.45) is 0 Å². The molecule has 0 spiro atoms. The summed E-state index contributed by atoms with van der Waals surface area (Å²) in [6.07, 6.45) is -0.509. The number of rotatable bonds is 3. The summed E-state index contributed by atoms with van der Waals surface area (Å²) in [6.45, 7) is 2.24. The van der Waals surface area contributed by atoms with Crippen LogP contribution in [0.1, 0.15) is 16.8 Å². The van der Waals surface area contributed by atoms with Crippen LogP contribution in [0.4, 0.5) is 10.6 Å². The van der Waals surface area contributed by atoms with E-state index in [-0.39, 0.29) is 13.2 Å². The summed E-state index contributed by atoms with van der Waals surface area (Å²) in [5.41, 5.74) is 8.02. The number of anilines is 1. The molecule has 0 aliphatic carbocycles. The first-order chi connectivity index (χ1) is 10.2. The van der Waals surface area contributed by atoms with Crippen LogP contribution in [0.3, 0.4) is 0 Å². The van der Waals surface area contributed by atoms with E-state index in [2.05, 4.69) is 27.4 Å². The molecule has 0 saturated carbocycles. The maximum atomic E-state index is 11.5. The number of hydrogen-bond donors (Lipinski definition) is 3. The number of nitrogens with zero attached hydrogens (tertiary/aromatic N) is 1. The lowest BCUT2D eigenvalue weighted by Gasteiger charge is -2.04. The minimum absolute atomic E-state index is 0.178. The number of amides is 1. The largest absolute Gasteiger partial charge is 0.445 e. The van der Waals surface area contributed by atoms with Gasteiger partial charge in [-0.1, -0.05) is 42.2 Å². The van der Waals surface area contributed by atoms with Gasteiger partial charge in [-0.25, -0.2) is 4.79 Å². The summed E-state index contributed by atoms with van der Waals surface area (Å²) in [6, 6.07) is 9.46. The van der Waals surface area contributed by atoms with Gasteiger partial charge in [0.05, 0.1) is 12.1 Å². The number of benzene rings is 1. The van der Waals surface area contributed by atoms with Crippen molar-refractivity contribution in [2.45, 2.75) is 13.5 Å². The van der Waals surface area contributed by atoms with E-state index in [0.717, 1.165) is 11.3 Å². The molecule has 1 heterocycles. The molecule has 0 unspecified atom stereocenters. The Bertz CT molecular complexity index is 648. The number of aryl methyl sites for hydroxylation is 1. The summed E-state index contributed by atoms with van der Waals surface area (Å²) >= 11 is 0. The third-order valence-electron chi connectivity index (χ3n) is 2.72. The maximum Gasteiger partial charge on any atom is 0.408 e. The van der Waals surface area contributed by atoms with Crippen LogP contribution < -0.4 is 11.1 Å². The number of alkyl carbamates (subject to hydrolysis) is 1. The predicted octanol–water partition coefficient (Wildman–Crippen LogP) is 1.58. The van der Waals surface area contributed by atoms with Crippen LogP contribution in [0, 0.1) is 18.8 Å². The van der Waals surface area contributed by atoms with Gasteiger partial charge in [0.15, 0.2) is 5.82 Å². The van der Waals surface area contributed by atoms with Crippen molar-refractivity contribution in [3.05, 3.63) is 47.2 Å². The van der Waals surface area contributed by atoms with Gasteiger partial charge in [-0.2, -0.15) is 5.10 Å². The number of nitrogen functional groups attached to an aromatic ring is 1. The van der Waals surface area contributed by atoms with Gasteiger partial charge in [-0.15, -0.1) is 0 Å². The van der Waals surface area contributed by atoms with Crippen LogP contribution in [0.5, 0.6) is 0 Å². The molecule has 1 aromatic carbocycles. The quantitative estimate of drug-likeness (QED) is 0.746. The minimum Gasteiger partial charge on any atom is -0.445 e. The van der Waals surface area contributed by atoms with Crippen LogP contribution in [-0.4, -0.2) is 22.8 Å². The summed E-state index contributed by atoms with van der Waals surface area (Å²) in [7, 11) is 0. The smallest absolute Gasteiger partial charge is 0.408 e. The fraction of sp³-hybridized carbons (Fsp3) is 0.200. The van der Waals surface area contributed by atoms with Crippen LogP contribution in [0.15, 0.2) is 30.3 Å². The SMILES string of the molecule is Cc1[nH]nc(N)c1C#CCNC(=O)OCc1ccccc1. The Kier molecular flexibility index (Phi) is 4.83. The Morgan fingerprint density at radius 2 is 2.19 bits per heavy atom. The highest BCUT2D eigenvalue weighted by molar-refractivity contribution is 5.67. The third kappa shape index (κ3) is 4.28. The summed E-state index contributed by atoms with van der Waals surface area (Å²) < 4.78 is 5.05. The lowest BCUT2D eigenvalue weighted by atomic mass is 10.2. The molecule has 4 N–H and O–H groups in total. The van der Waals surface area contributed by atoms with Crippen molar-refractivity contribution in [2.75, 3.05) is 12.3 Å². The van der Waals surface area contributed by atoms with E-state index in [1.165, 1.54) is 0 Å². The zero-order chi connectivity index (χ0) is 15.1. The first-order valence-electron chi connectivity index (χ1n) is 6.40. The Labute approximate surface area is 122 Å². The number of carbonyl (C=O) groups is 1. The van der Waals surface area contributed by atoms with Gasteiger partial charge in [0.2, 0.25) is 0 Å². The average Bonchev–Trinajstić information content (AvgIpc) is 2.82. The number of aromatic nitrogens is 2. The fourth-order valence-corrected chi connectivity index (χ4v) is 1.63. The van der Waals surface area contributed by atoms with Gasteiger partial charge in [-0.3, -0.25) is 5.10 Å². The molecule has 1 aromatic heterocycles. The van der Waals surface area contributed by atoms with Gasteiger partial charge in [-0.05, 0) is 12.5 Å². The number of aromatic amines is 1. The van der Waals surface area contributed by atoms with E-state index in [4.69, 9.17) is 10.5 Å². The molecule has 0 saturated heterocycles. The standard InChI is InChI=1S/C15H16N4O2/c1-11-13(14(16)19-18-11)8-5-9-17-15(20)21-10-12-6-3-2-4-7-12/h2-4,6-7H,9-10H2,1H3,(H,17,20)(H3,16,18,19). The number of nitrogens with two attached hydrogens (primary N) is 1. The van der Waals surface area contributed by atoms with Crippen LogP contribution in [-0.2, 0) is 11.3 Å². The van der Waals surface area contributed by atoms with Gasteiger partial charge in [0.25, 0.3) is 0 Å². The van der Waals surface area contributed by atoms with Gasteiger partial charge in [0.1, 0.15) is 6.61 Å². The Morgan fingerprint density at radius 3 is 2.86 bits per heavy atom. The lowest BCUT2D eigenvalue weighted by molar-refractivity contribution is 0.141. The molecule has 0 atom stereocenters. The number of nitrogens with one attached hydrogen (secondary N) is 2. The van der Waals surface area contributed by atoms with Crippen molar-refractivity contribution in [1.29, 1.82) is 0 Å². The second-order valence-corrected chi connectivity index (χ2v) is 4.33. The molecule has 0 aliphatic heterocycles. The summed E-state index contributed by atoms with van der Waals surface area (Å²) in [5.74, 6) is 6.00. The van der Waals surface area contributed by atoms with Crippen molar-refractivity contribution in [1.82, 2.24) is 15.5 Å². The molecule has 1 amide bonds. The van der Waals surface area contributed by atoms with E-state index in [0.29, 0.717) is 11.4 Å². The second kappa shape index (κ2) is 7.01. The Hall–Kier alpha value is -2.94. The lowest BCUT2D eigenvalue weighted by Crippen LogP contribution is -2.24. The van der Waals surface area contributed by atoms with Crippen LogP contribution >= 0.6 is 0 Å². The molecule has 0 bridgehead atoms. The first kappa shape index (κ1) is 14.5. The van der Waals surface area contributed by atoms with E-state index >= 15 is 0 Å². The highest BCUT2D eigenvalue weighted by Gasteiger charge is 2.03. The first-order valence-corrected chi connectivity index (χ1v) is 6.40. The van der Waals surface area contributed by atoms with Crippen LogP contribution in [0.2, 0.25) is 0 Å². The zero-order valence-corrected chi connectivity index (χ0v) is 11.6. The molecule has 6 nitrogen and oxygen atoms in total. The zero-order valence-electron chi connectivity index (χ0n) is 11.6. The molecular formula is C15H16N4O2. The van der Waals surface area contributed by atoms with Gasteiger partial charge >= 0.3 is 6.09 Å². The molecule has 0 fully saturated rings. The van der Waals surface area contributed by atoms with Gasteiger partial charge < -0.3 is 15.8 Å². The summed E-state index contributed by atoms with van der Waals surface area (Å²) in [5, 5.41) is 9.11. The van der Waals surface area contributed by atoms with Gasteiger partial charge in [0, 0.05) is 5.69 Å². The average molecular weight is 284 g/mol. The fourth-order valence-electron chi connectivity index (χ4n) is 1.63. The second-order valence-electron chi connectivity index (χ2n) is 4.33. The van der Waals surface area contributed by atoms with E-state index in [1.54, 1.807) is 0 Å². The maximum absolute atomic E-state index is 11.5. The normalized spacial score (nSPS) is 9.57. The topological polar surface area (TPSA) is 93.0 Å². The predicted molar refractivity (Wildman–Crippen MR) is 79.2 cm³/mol. The number of H-pyrrole nitrogens is 1. The van der Waals surface area contributed by atoms with E-state index < -0.39 is 6.09 Å². The molecule has 2 rings (SSSR count). The molecule has 2 aromatic rings. The molecule has 21 heavy (non-hydrogen) atoms. The molecule has 6 heteroatoms. The van der Waals surface area contributed by atoms with Crippen molar-refractivity contribution in [3.63, 3.8) is 0 Å². The Morgan fingerprint density at radius 1 is 1.43 bits per heavy atom. The minimum atomic E-state index is -0.509. The number of carbonyl (C=O) groups excluding carboxylic acids is 1. The molecule has 0 aliphatic rings. The highest BCUT2D eigenvalue weighted by atomic mass is 16.5. The van der Waals surface area contributed by atoms with Crippen molar-refractivity contribution >= 4 is 11.9 Å². The number of ether oxygens (including phenoxy) is 1. The molecular weight excluding hydrogens is 268 g/mol. The monoisotopic (exact) mass is 284 g/mol.